The van der Waals surface area contributed by atoms with Gasteiger partial charge in [-0.2, -0.15) is 0 Å². The summed E-state index contributed by atoms with van der Waals surface area (Å²) in [5.74, 6) is 0.471. The second-order valence-corrected chi connectivity index (χ2v) is 9.06. The van der Waals surface area contributed by atoms with Gasteiger partial charge in [-0.1, -0.05) is 17.4 Å². The number of ether oxygens (including phenoxy) is 1. The van der Waals surface area contributed by atoms with Crippen LogP contribution in [0.25, 0.3) is 0 Å². The van der Waals surface area contributed by atoms with Crippen molar-refractivity contribution in [2.45, 2.75) is 39.7 Å². The minimum Gasteiger partial charge on any atom is -0.486 e. The molecule has 0 aliphatic carbocycles. The van der Waals surface area contributed by atoms with E-state index in [4.69, 9.17) is 4.74 Å². The van der Waals surface area contributed by atoms with Crippen LogP contribution in [0.5, 0.6) is 5.75 Å². The standard InChI is InChI=1S/C24H26N4O3S/c1-16-12-17(2)14-20(13-16)31-15-21-26-27-23(32-21)22(29)25-19-8-6-18(7-9-19)24(30)28-10-4-3-5-11-28/h6-9,12-14H,3-5,10-11,15H2,1-2H3,(H,25,29). The number of anilines is 1. The summed E-state index contributed by atoms with van der Waals surface area (Å²) in [4.78, 5) is 27.0. The third-order valence-corrected chi connectivity index (χ3v) is 6.15. The summed E-state index contributed by atoms with van der Waals surface area (Å²) in [6.07, 6.45) is 3.29. The molecule has 0 spiro atoms. The van der Waals surface area contributed by atoms with Gasteiger partial charge in [0.2, 0.25) is 5.01 Å². The molecule has 7 nitrogen and oxygen atoms in total. The average Bonchev–Trinajstić information content (AvgIpc) is 3.27. The lowest BCUT2D eigenvalue weighted by Crippen LogP contribution is -2.35. The van der Waals surface area contributed by atoms with Crippen LogP contribution in [0.3, 0.4) is 0 Å². The third-order valence-electron chi connectivity index (χ3n) is 5.25. The number of benzene rings is 2. The number of nitrogens with zero attached hydrogens (tertiary/aromatic N) is 3. The summed E-state index contributed by atoms with van der Waals surface area (Å²) in [6.45, 7) is 5.90. The van der Waals surface area contributed by atoms with Crippen LogP contribution in [-0.4, -0.2) is 40.0 Å². The molecule has 1 fully saturated rings. The average molecular weight is 451 g/mol. The molecule has 1 aliphatic rings. The van der Waals surface area contributed by atoms with Crippen molar-refractivity contribution in [3.8, 4) is 5.75 Å². The van der Waals surface area contributed by atoms with Crippen LogP contribution < -0.4 is 10.1 Å². The molecule has 8 heteroatoms. The predicted octanol–water partition coefficient (Wildman–Crippen LogP) is 4.61. The fourth-order valence-electron chi connectivity index (χ4n) is 3.73. The number of hydrogen-bond acceptors (Lipinski definition) is 6. The van der Waals surface area contributed by atoms with Crippen LogP contribution in [0, 0.1) is 13.8 Å². The van der Waals surface area contributed by atoms with Gasteiger partial charge >= 0.3 is 0 Å². The van der Waals surface area contributed by atoms with Crippen molar-refractivity contribution in [2.24, 2.45) is 0 Å². The molecule has 1 aliphatic heterocycles. The third kappa shape index (κ3) is 5.50. The Balaban J connectivity index is 1.33. The van der Waals surface area contributed by atoms with Crippen LogP contribution in [-0.2, 0) is 6.61 Å². The highest BCUT2D eigenvalue weighted by atomic mass is 32.1. The first-order chi connectivity index (χ1) is 15.5. The zero-order valence-corrected chi connectivity index (χ0v) is 19.1. The van der Waals surface area contributed by atoms with Gasteiger partial charge in [0.15, 0.2) is 5.01 Å². The van der Waals surface area contributed by atoms with E-state index in [0.717, 1.165) is 42.8 Å². The molecular weight excluding hydrogens is 424 g/mol. The Morgan fingerprint density at radius 1 is 1.00 bits per heavy atom. The molecule has 1 saturated heterocycles. The van der Waals surface area contributed by atoms with Gasteiger partial charge in [0, 0.05) is 24.3 Å². The summed E-state index contributed by atoms with van der Waals surface area (Å²) in [6, 6.07) is 13.0. The van der Waals surface area contributed by atoms with Gasteiger partial charge in [0.1, 0.15) is 12.4 Å². The molecule has 1 aromatic heterocycles. The molecule has 0 bridgehead atoms. The number of likely N-dealkylation sites (tertiary alicyclic amines) is 1. The first-order valence-corrected chi connectivity index (χ1v) is 11.5. The molecule has 166 valence electrons. The van der Waals surface area contributed by atoms with E-state index in [0.29, 0.717) is 16.3 Å². The van der Waals surface area contributed by atoms with Crippen molar-refractivity contribution >= 4 is 28.8 Å². The lowest BCUT2D eigenvalue weighted by atomic mass is 10.1. The number of carbonyl (C=O) groups is 2. The normalized spacial score (nSPS) is 13.6. The number of aryl methyl sites for hydroxylation is 2. The number of rotatable bonds is 6. The molecule has 2 aromatic carbocycles. The SMILES string of the molecule is Cc1cc(C)cc(OCc2nnc(C(=O)Nc3ccc(C(=O)N4CCCCC4)cc3)s2)c1. The first-order valence-electron chi connectivity index (χ1n) is 10.7. The highest BCUT2D eigenvalue weighted by Gasteiger charge is 2.18. The predicted molar refractivity (Wildman–Crippen MR) is 124 cm³/mol. The molecule has 2 heterocycles. The van der Waals surface area contributed by atoms with Crippen molar-refractivity contribution in [2.75, 3.05) is 18.4 Å². The molecule has 2 amide bonds. The number of hydrogen-bond donors (Lipinski definition) is 1. The second-order valence-electron chi connectivity index (χ2n) is 8.00. The van der Waals surface area contributed by atoms with E-state index in [-0.39, 0.29) is 23.4 Å². The van der Waals surface area contributed by atoms with Gasteiger partial charge in [-0.15, -0.1) is 10.2 Å². The van der Waals surface area contributed by atoms with Gasteiger partial charge in [-0.3, -0.25) is 9.59 Å². The molecule has 0 atom stereocenters. The molecule has 3 aromatic rings. The van der Waals surface area contributed by atoms with E-state index < -0.39 is 0 Å². The summed E-state index contributed by atoms with van der Waals surface area (Å²) in [5.41, 5.74) is 3.49. The lowest BCUT2D eigenvalue weighted by Gasteiger charge is -2.26. The fourth-order valence-corrected chi connectivity index (χ4v) is 4.37. The summed E-state index contributed by atoms with van der Waals surface area (Å²) in [7, 11) is 0. The molecule has 0 unspecified atom stereocenters. The van der Waals surface area contributed by atoms with Crippen molar-refractivity contribution < 1.29 is 14.3 Å². The number of amides is 2. The van der Waals surface area contributed by atoms with Crippen molar-refractivity contribution in [3.63, 3.8) is 0 Å². The van der Waals surface area contributed by atoms with Crippen LogP contribution in [0.2, 0.25) is 0 Å². The monoisotopic (exact) mass is 450 g/mol. The fraction of sp³-hybridized carbons (Fsp3) is 0.333. The van der Waals surface area contributed by atoms with E-state index in [9.17, 15) is 9.59 Å². The van der Waals surface area contributed by atoms with Gasteiger partial charge in [-0.25, -0.2) is 0 Å². The smallest absolute Gasteiger partial charge is 0.286 e. The maximum absolute atomic E-state index is 12.6. The van der Waals surface area contributed by atoms with Crippen molar-refractivity contribution in [3.05, 3.63) is 69.2 Å². The molecular formula is C24H26N4O3S. The first kappa shape index (κ1) is 22.0. The number of piperidine rings is 1. The van der Waals surface area contributed by atoms with Crippen molar-refractivity contribution in [1.29, 1.82) is 0 Å². The Kier molecular flexibility index (Phi) is 6.80. The Labute approximate surface area is 191 Å². The highest BCUT2D eigenvalue weighted by molar-refractivity contribution is 7.13. The summed E-state index contributed by atoms with van der Waals surface area (Å²) < 4.78 is 5.79. The van der Waals surface area contributed by atoms with E-state index in [1.54, 1.807) is 24.3 Å². The van der Waals surface area contributed by atoms with E-state index in [2.05, 4.69) is 21.6 Å². The molecule has 1 N–H and O–H groups in total. The lowest BCUT2D eigenvalue weighted by molar-refractivity contribution is 0.0724. The van der Waals surface area contributed by atoms with Gasteiger partial charge in [0.25, 0.3) is 11.8 Å². The summed E-state index contributed by atoms with van der Waals surface area (Å²) >= 11 is 1.19. The van der Waals surface area contributed by atoms with Crippen molar-refractivity contribution in [1.82, 2.24) is 15.1 Å². The minimum absolute atomic E-state index is 0.0418. The molecule has 4 rings (SSSR count). The Bertz CT molecular complexity index is 1080. The van der Waals surface area contributed by atoms with E-state index in [1.807, 2.05) is 30.9 Å². The Hall–Kier alpha value is -3.26. The Morgan fingerprint density at radius 3 is 2.38 bits per heavy atom. The highest BCUT2D eigenvalue weighted by Crippen LogP contribution is 2.20. The van der Waals surface area contributed by atoms with E-state index >= 15 is 0 Å². The van der Waals surface area contributed by atoms with E-state index in [1.165, 1.54) is 17.8 Å². The van der Waals surface area contributed by atoms with Crippen LogP contribution >= 0.6 is 11.3 Å². The maximum Gasteiger partial charge on any atom is 0.286 e. The van der Waals surface area contributed by atoms with Gasteiger partial charge in [0.05, 0.1) is 0 Å². The van der Waals surface area contributed by atoms with Gasteiger partial charge in [-0.05, 0) is 80.6 Å². The maximum atomic E-state index is 12.6. The molecule has 0 saturated carbocycles. The number of nitrogens with one attached hydrogen (secondary N) is 1. The largest absolute Gasteiger partial charge is 0.486 e. The quantitative estimate of drug-likeness (QED) is 0.593. The van der Waals surface area contributed by atoms with Crippen LogP contribution in [0.15, 0.2) is 42.5 Å². The van der Waals surface area contributed by atoms with Crippen LogP contribution in [0.4, 0.5) is 5.69 Å². The van der Waals surface area contributed by atoms with Crippen LogP contribution in [0.1, 0.15) is 55.6 Å². The molecule has 32 heavy (non-hydrogen) atoms. The zero-order chi connectivity index (χ0) is 22.5. The number of carbonyl (C=O) groups excluding carboxylic acids is 2. The second kappa shape index (κ2) is 9.91. The summed E-state index contributed by atoms with van der Waals surface area (Å²) in [5, 5.41) is 11.7. The zero-order valence-electron chi connectivity index (χ0n) is 18.3. The number of aromatic nitrogens is 2. The topological polar surface area (TPSA) is 84.4 Å². The van der Waals surface area contributed by atoms with Gasteiger partial charge < -0.3 is 15.0 Å². The Morgan fingerprint density at radius 2 is 1.69 bits per heavy atom. The molecule has 0 radical (unpaired) electrons. The minimum atomic E-state index is -0.338.